The minimum Gasteiger partial charge on any atom is -0.288 e. The third-order valence-corrected chi connectivity index (χ3v) is 2.09. The number of hydrogen-bond donors (Lipinski definition) is 2. The van der Waals surface area contributed by atoms with Gasteiger partial charge >= 0.3 is 0 Å². The molecule has 0 spiro atoms. The van der Waals surface area contributed by atoms with E-state index in [1.807, 2.05) is 0 Å². The van der Waals surface area contributed by atoms with Crippen molar-refractivity contribution in [2.45, 2.75) is 13.8 Å². The van der Waals surface area contributed by atoms with Crippen LogP contribution in [0.5, 0.6) is 0 Å². The van der Waals surface area contributed by atoms with Gasteiger partial charge in [0.25, 0.3) is 11.9 Å². The Morgan fingerprint density at radius 3 is 2.69 bits per heavy atom. The summed E-state index contributed by atoms with van der Waals surface area (Å²) in [6, 6.07) is 0. The predicted octanol–water partition coefficient (Wildman–Crippen LogP) is -0.198. The zero-order chi connectivity index (χ0) is 11.7. The SMILES string of the molecule is Cc1n[nH]c(C)c1C(=O)Nc1nnn(C)n1. The molecule has 0 atom stereocenters. The number of carbonyl (C=O) groups is 1. The summed E-state index contributed by atoms with van der Waals surface area (Å²) in [5, 5.41) is 20.3. The number of tetrazole rings is 1. The van der Waals surface area contributed by atoms with E-state index in [9.17, 15) is 4.79 Å². The van der Waals surface area contributed by atoms with Crippen molar-refractivity contribution in [2.75, 3.05) is 5.32 Å². The van der Waals surface area contributed by atoms with Gasteiger partial charge in [0.05, 0.1) is 18.3 Å². The van der Waals surface area contributed by atoms with Gasteiger partial charge in [-0.05, 0) is 19.1 Å². The average Bonchev–Trinajstić information content (AvgIpc) is 2.74. The summed E-state index contributed by atoms with van der Waals surface area (Å²) in [7, 11) is 1.62. The molecule has 2 heterocycles. The number of carbonyl (C=O) groups excluding carboxylic acids is 1. The van der Waals surface area contributed by atoms with Crippen LogP contribution in [0.1, 0.15) is 21.7 Å². The van der Waals surface area contributed by atoms with Gasteiger partial charge in [0, 0.05) is 5.69 Å². The number of aromatic nitrogens is 6. The van der Waals surface area contributed by atoms with Crippen molar-refractivity contribution in [1.82, 2.24) is 30.4 Å². The van der Waals surface area contributed by atoms with Gasteiger partial charge in [-0.3, -0.25) is 15.2 Å². The van der Waals surface area contributed by atoms with Crippen LogP contribution in [0.4, 0.5) is 5.95 Å². The number of aryl methyl sites for hydroxylation is 3. The summed E-state index contributed by atoms with van der Waals surface area (Å²) in [6.07, 6.45) is 0. The van der Waals surface area contributed by atoms with Crippen LogP contribution < -0.4 is 5.32 Å². The van der Waals surface area contributed by atoms with Crippen LogP contribution in [0.15, 0.2) is 0 Å². The fourth-order valence-electron chi connectivity index (χ4n) is 1.38. The van der Waals surface area contributed by atoms with Crippen LogP contribution in [0, 0.1) is 13.8 Å². The molecule has 1 amide bonds. The number of H-pyrrole nitrogens is 1. The first-order valence-corrected chi connectivity index (χ1v) is 4.65. The Hall–Kier alpha value is -2.25. The molecule has 2 N–H and O–H groups in total. The molecule has 2 aromatic rings. The van der Waals surface area contributed by atoms with Crippen LogP contribution in [-0.4, -0.2) is 36.3 Å². The molecule has 0 aliphatic heterocycles. The molecule has 2 rings (SSSR count). The number of amides is 1. The molecule has 0 saturated carbocycles. The summed E-state index contributed by atoms with van der Waals surface area (Å²) >= 11 is 0. The van der Waals surface area contributed by atoms with Gasteiger partial charge in [-0.15, -0.1) is 5.10 Å². The van der Waals surface area contributed by atoms with E-state index in [0.717, 1.165) is 0 Å². The van der Waals surface area contributed by atoms with Crippen molar-refractivity contribution in [2.24, 2.45) is 7.05 Å². The van der Waals surface area contributed by atoms with Crippen molar-refractivity contribution in [1.29, 1.82) is 0 Å². The second kappa shape index (κ2) is 3.72. The number of nitrogens with one attached hydrogen (secondary N) is 2. The van der Waals surface area contributed by atoms with E-state index in [1.54, 1.807) is 20.9 Å². The molecule has 0 bridgehead atoms. The van der Waals surface area contributed by atoms with Crippen LogP contribution in [0.2, 0.25) is 0 Å². The van der Waals surface area contributed by atoms with E-state index in [1.165, 1.54) is 4.80 Å². The summed E-state index contributed by atoms with van der Waals surface area (Å²) in [5.74, 6) is -0.121. The smallest absolute Gasteiger partial charge is 0.270 e. The van der Waals surface area contributed by atoms with Crippen LogP contribution >= 0.6 is 0 Å². The van der Waals surface area contributed by atoms with Crippen LogP contribution in [0.3, 0.4) is 0 Å². The molecule has 8 nitrogen and oxygen atoms in total. The Morgan fingerprint density at radius 1 is 1.44 bits per heavy atom. The molecule has 0 fully saturated rings. The summed E-state index contributed by atoms with van der Waals surface area (Å²) in [6.45, 7) is 3.53. The molecule has 0 aliphatic rings. The lowest BCUT2D eigenvalue weighted by molar-refractivity contribution is 0.102. The maximum absolute atomic E-state index is 11.8. The number of anilines is 1. The van der Waals surface area contributed by atoms with Crippen LogP contribution in [0.25, 0.3) is 0 Å². The standard InChI is InChI=1S/C8H11N7O/c1-4-6(5(2)11-10-4)7(16)9-8-12-14-15(3)13-8/h1-3H3,(H,10,11)(H,9,13,16). The van der Waals surface area contributed by atoms with E-state index in [4.69, 9.17) is 0 Å². The van der Waals surface area contributed by atoms with Crippen molar-refractivity contribution < 1.29 is 4.79 Å². The van der Waals surface area contributed by atoms with Gasteiger partial charge in [0.15, 0.2) is 0 Å². The number of nitrogens with zero attached hydrogens (tertiary/aromatic N) is 5. The molecule has 0 unspecified atom stereocenters. The first kappa shape index (κ1) is 10.3. The monoisotopic (exact) mass is 221 g/mol. The summed E-state index contributed by atoms with van der Waals surface area (Å²) in [4.78, 5) is 13.1. The van der Waals surface area contributed by atoms with E-state index < -0.39 is 0 Å². The zero-order valence-electron chi connectivity index (χ0n) is 9.14. The number of hydrogen-bond acceptors (Lipinski definition) is 5. The second-order valence-electron chi connectivity index (χ2n) is 3.37. The Labute approximate surface area is 91.0 Å². The third-order valence-electron chi connectivity index (χ3n) is 2.09. The molecule has 0 saturated heterocycles. The molecule has 0 aliphatic carbocycles. The maximum atomic E-state index is 11.8. The Kier molecular flexibility index (Phi) is 2.39. The normalized spacial score (nSPS) is 10.4. The molecule has 8 heteroatoms. The largest absolute Gasteiger partial charge is 0.288 e. The lowest BCUT2D eigenvalue weighted by atomic mass is 10.2. The predicted molar refractivity (Wildman–Crippen MR) is 54.8 cm³/mol. The molecule has 0 radical (unpaired) electrons. The van der Waals surface area contributed by atoms with Gasteiger partial charge in [0.2, 0.25) is 0 Å². The molecule has 0 aromatic carbocycles. The van der Waals surface area contributed by atoms with Crippen molar-refractivity contribution in [3.8, 4) is 0 Å². The zero-order valence-corrected chi connectivity index (χ0v) is 9.14. The summed E-state index contributed by atoms with van der Waals surface area (Å²) in [5.41, 5.74) is 1.85. The fourth-order valence-corrected chi connectivity index (χ4v) is 1.38. The lowest BCUT2D eigenvalue weighted by Crippen LogP contribution is -2.15. The Bertz CT molecular complexity index is 507. The highest BCUT2D eigenvalue weighted by Gasteiger charge is 2.16. The fraction of sp³-hybridized carbons (Fsp3) is 0.375. The van der Waals surface area contributed by atoms with Gasteiger partial charge in [-0.25, -0.2) is 0 Å². The van der Waals surface area contributed by atoms with Gasteiger partial charge < -0.3 is 0 Å². The third kappa shape index (κ3) is 1.76. The van der Waals surface area contributed by atoms with Gasteiger partial charge in [0.1, 0.15) is 0 Å². The van der Waals surface area contributed by atoms with E-state index in [0.29, 0.717) is 17.0 Å². The molecule has 84 valence electrons. The molecular formula is C8H11N7O. The maximum Gasteiger partial charge on any atom is 0.270 e. The Balaban J connectivity index is 2.21. The quantitative estimate of drug-likeness (QED) is 0.731. The lowest BCUT2D eigenvalue weighted by Gasteiger charge is -1.99. The average molecular weight is 221 g/mol. The van der Waals surface area contributed by atoms with Crippen molar-refractivity contribution in [3.63, 3.8) is 0 Å². The highest BCUT2D eigenvalue weighted by molar-refractivity contribution is 6.04. The molecule has 16 heavy (non-hydrogen) atoms. The molecular weight excluding hydrogens is 210 g/mol. The minimum atomic E-state index is -0.295. The number of aromatic amines is 1. The number of rotatable bonds is 2. The van der Waals surface area contributed by atoms with Gasteiger partial charge in [-0.1, -0.05) is 5.10 Å². The van der Waals surface area contributed by atoms with Crippen LogP contribution in [-0.2, 0) is 7.05 Å². The highest BCUT2D eigenvalue weighted by Crippen LogP contribution is 2.10. The van der Waals surface area contributed by atoms with E-state index >= 15 is 0 Å². The first-order chi connectivity index (χ1) is 7.58. The van der Waals surface area contributed by atoms with Crippen molar-refractivity contribution in [3.05, 3.63) is 17.0 Å². The Morgan fingerprint density at radius 2 is 2.19 bits per heavy atom. The van der Waals surface area contributed by atoms with E-state index in [-0.39, 0.29) is 11.9 Å². The highest BCUT2D eigenvalue weighted by atomic mass is 16.2. The topological polar surface area (TPSA) is 101 Å². The van der Waals surface area contributed by atoms with E-state index in [2.05, 4.69) is 30.9 Å². The van der Waals surface area contributed by atoms with Gasteiger partial charge in [-0.2, -0.15) is 9.90 Å². The summed E-state index contributed by atoms with van der Waals surface area (Å²) < 4.78 is 0. The second-order valence-corrected chi connectivity index (χ2v) is 3.37. The molecule has 2 aromatic heterocycles. The van der Waals surface area contributed by atoms with Crippen molar-refractivity contribution >= 4 is 11.9 Å². The first-order valence-electron chi connectivity index (χ1n) is 4.65. The minimum absolute atomic E-state index is 0.174.